The Hall–Kier alpha value is -2.31. The van der Waals surface area contributed by atoms with Crippen molar-refractivity contribution in [3.63, 3.8) is 0 Å². The first kappa shape index (κ1) is 13.1. The van der Waals surface area contributed by atoms with E-state index in [1.165, 1.54) is 0 Å². The lowest BCUT2D eigenvalue weighted by molar-refractivity contribution is 0.300. The molecule has 3 heteroatoms. The van der Waals surface area contributed by atoms with Crippen LogP contribution >= 0.6 is 0 Å². The molecule has 96 valence electrons. The van der Waals surface area contributed by atoms with E-state index in [9.17, 15) is 0 Å². The molecule has 0 aliphatic carbocycles. The summed E-state index contributed by atoms with van der Waals surface area (Å²) in [5, 5.41) is 0. The van der Waals surface area contributed by atoms with E-state index in [1.54, 1.807) is 6.20 Å². The van der Waals surface area contributed by atoms with Crippen LogP contribution in [-0.4, -0.2) is 11.5 Å². The van der Waals surface area contributed by atoms with Gasteiger partial charge in [-0.25, -0.2) is 0 Å². The SMILES string of the molecule is Cc1cccnc1COc1ccc(C#CCN)cc1. The zero-order valence-electron chi connectivity index (χ0n) is 10.9. The summed E-state index contributed by atoms with van der Waals surface area (Å²) in [6, 6.07) is 11.6. The molecule has 0 fully saturated rings. The Bertz CT molecular complexity index is 594. The standard InChI is InChI=1S/C16H16N2O/c1-13-4-3-11-18-16(13)12-19-15-8-6-14(7-9-15)5-2-10-17/h3-4,6-9,11H,10,12,17H2,1H3. The number of pyridine rings is 1. The lowest BCUT2D eigenvalue weighted by Gasteiger charge is -2.07. The first-order valence-corrected chi connectivity index (χ1v) is 6.12. The van der Waals surface area contributed by atoms with Crippen molar-refractivity contribution in [2.75, 3.05) is 6.54 Å². The van der Waals surface area contributed by atoms with Gasteiger partial charge in [0.25, 0.3) is 0 Å². The van der Waals surface area contributed by atoms with Crippen molar-refractivity contribution in [3.05, 3.63) is 59.4 Å². The maximum atomic E-state index is 5.70. The summed E-state index contributed by atoms with van der Waals surface area (Å²) in [4.78, 5) is 4.29. The van der Waals surface area contributed by atoms with E-state index in [-0.39, 0.29) is 0 Å². The molecule has 19 heavy (non-hydrogen) atoms. The van der Waals surface area contributed by atoms with Gasteiger partial charge in [-0.3, -0.25) is 4.98 Å². The Labute approximate surface area is 113 Å². The third-order valence-corrected chi connectivity index (χ3v) is 2.68. The lowest BCUT2D eigenvalue weighted by Crippen LogP contribution is -2.00. The van der Waals surface area contributed by atoms with Gasteiger partial charge in [0.15, 0.2) is 0 Å². The van der Waals surface area contributed by atoms with Gasteiger partial charge in [0.2, 0.25) is 0 Å². The van der Waals surface area contributed by atoms with Crippen molar-refractivity contribution < 1.29 is 4.74 Å². The molecule has 0 aliphatic heterocycles. The second-order valence-electron chi connectivity index (χ2n) is 4.09. The number of hydrogen-bond donors (Lipinski definition) is 1. The molecule has 2 rings (SSSR count). The molecule has 0 saturated carbocycles. The number of benzene rings is 1. The number of ether oxygens (including phenoxy) is 1. The summed E-state index contributed by atoms with van der Waals surface area (Å²) in [5.74, 6) is 6.60. The van der Waals surface area contributed by atoms with Crippen molar-refractivity contribution >= 4 is 0 Å². The Morgan fingerprint density at radius 3 is 2.68 bits per heavy atom. The van der Waals surface area contributed by atoms with Crippen molar-refractivity contribution in [2.45, 2.75) is 13.5 Å². The topological polar surface area (TPSA) is 48.1 Å². The highest BCUT2D eigenvalue weighted by molar-refractivity contribution is 5.38. The van der Waals surface area contributed by atoms with E-state index in [0.29, 0.717) is 13.2 Å². The van der Waals surface area contributed by atoms with Crippen LogP contribution in [0.2, 0.25) is 0 Å². The molecule has 1 aromatic carbocycles. The summed E-state index contributed by atoms with van der Waals surface area (Å²) >= 11 is 0. The van der Waals surface area contributed by atoms with Gasteiger partial charge < -0.3 is 10.5 Å². The molecular weight excluding hydrogens is 236 g/mol. The molecule has 2 N–H and O–H groups in total. The molecule has 0 bridgehead atoms. The number of nitrogens with zero attached hydrogens (tertiary/aromatic N) is 1. The second-order valence-corrected chi connectivity index (χ2v) is 4.09. The highest BCUT2D eigenvalue weighted by Gasteiger charge is 2.00. The van der Waals surface area contributed by atoms with Crippen LogP contribution < -0.4 is 10.5 Å². The Kier molecular flexibility index (Phi) is 4.54. The maximum absolute atomic E-state index is 5.70. The molecule has 1 aromatic heterocycles. The van der Waals surface area contributed by atoms with Crippen molar-refractivity contribution in [2.24, 2.45) is 5.73 Å². The van der Waals surface area contributed by atoms with Crippen molar-refractivity contribution in [3.8, 4) is 17.6 Å². The summed E-state index contributed by atoms with van der Waals surface area (Å²) in [6.45, 7) is 2.87. The fraction of sp³-hybridized carbons (Fsp3) is 0.188. The Morgan fingerprint density at radius 2 is 2.00 bits per heavy atom. The highest BCUT2D eigenvalue weighted by atomic mass is 16.5. The van der Waals surface area contributed by atoms with E-state index >= 15 is 0 Å². The van der Waals surface area contributed by atoms with Gasteiger partial charge in [-0.15, -0.1) is 0 Å². The zero-order chi connectivity index (χ0) is 13.5. The Balaban J connectivity index is 1.99. The van der Waals surface area contributed by atoms with Crippen LogP contribution in [0.4, 0.5) is 0 Å². The quantitative estimate of drug-likeness (QED) is 0.852. The van der Waals surface area contributed by atoms with Gasteiger partial charge in [0.1, 0.15) is 12.4 Å². The van der Waals surface area contributed by atoms with Crippen molar-refractivity contribution in [1.82, 2.24) is 4.98 Å². The van der Waals surface area contributed by atoms with E-state index in [0.717, 1.165) is 22.6 Å². The molecule has 0 radical (unpaired) electrons. The summed E-state index contributed by atoms with van der Waals surface area (Å²) in [7, 11) is 0. The minimum Gasteiger partial charge on any atom is -0.487 e. The minimum atomic E-state index is 0.372. The first-order valence-electron chi connectivity index (χ1n) is 6.12. The van der Waals surface area contributed by atoms with Crippen LogP contribution in [0.25, 0.3) is 0 Å². The average molecular weight is 252 g/mol. The van der Waals surface area contributed by atoms with Gasteiger partial charge in [-0.2, -0.15) is 0 Å². The smallest absolute Gasteiger partial charge is 0.130 e. The monoisotopic (exact) mass is 252 g/mol. The molecule has 0 amide bonds. The molecule has 0 spiro atoms. The normalized spacial score (nSPS) is 9.58. The second kappa shape index (κ2) is 6.58. The summed E-state index contributed by atoms with van der Waals surface area (Å²) in [5.41, 5.74) is 8.35. The van der Waals surface area contributed by atoms with E-state index in [1.807, 2.05) is 43.3 Å². The fourth-order valence-corrected chi connectivity index (χ4v) is 1.61. The Morgan fingerprint density at radius 1 is 1.21 bits per heavy atom. The zero-order valence-corrected chi connectivity index (χ0v) is 10.9. The van der Waals surface area contributed by atoms with Crippen molar-refractivity contribution in [1.29, 1.82) is 0 Å². The molecule has 0 unspecified atom stereocenters. The predicted molar refractivity (Wildman–Crippen MR) is 75.7 cm³/mol. The summed E-state index contributed by atoms with van der Waals surface area (Å²) in [6.07, 6.45) is 1.78. The maximum Gasteiger partial charge on any atom is 0.130 e. The van der Waals surface area contributed by atoms with Gasteiger partial charge in [-0.1, -0.05) is 17.9 Å². The number of aromatic nitrogens is 1. The number of rotatable bonds is 3. The van der Waals surface area contributed by atoms with Gasteiger partial charge in [0, 0.05) is 11.8 Å². The summed E-state index contributed by atoms with van der Waals surface area (Å²) < 4.78 is 5.70. The lowest BCUT2D eigenvalue weighted by atomic mass is 10.2. The van der Waals surface area contributed by atoms with Gasteiger partial charge in [0.05, 0.1) is 12.2 Å². The minimum absolute atomic E-state index is 0.372. The first-order chi connectivity index (χ1) is 9.29. The molecule has 1 heterocycles. The molecule has 2 aromatic rings. The van der Waals surface area contributed by atoms with Crippen LogP contribution in [0.1, 0.15) is 16.8 Å². The van der Waals surface area contributed by atoms with Crippen LogP contribution in [0.5, 0.6) is 5.75 Å². The molecule has 3 nitrogen and oxygen atoms in total. The third kappa shape index (κ3) is 3.84. The number of aryl methyl sites for hydroxylation is 1. The fourth-order valence-electron chi connectivity index (χ4n) is 1.61. The van der Waals surface area contributed by atoms with E-state index in [2.05, 4.69) is 16.8 Å². The number of nitrogens with two attached hydrogens (primary N) is 1. The van der Waals surface area contributed by atoms with Gasteiger partial charge in [-0.05, 0) is 42.8 Å². The average Bonchev–Trinajstić information content (AvgIpc) is 2.45. The third-order valence-electron chi connectivity index (χ3n) is 2.68. The molecule has 0 atom stereocenters. The van der Waals surface area contributed by atoms with E-state index in [4.69, 9.17) is 10.5 Å². The van der Waals surface area contributed by atoms with Crippen LogP contribution in [0.3, 0.4) is 0 Å². The van der Waals surface area contributed by atoms with Crippen LogP contribution in [-0.2, 0) is 6.61 Å². The van der Waals surface area contributed by atoms with Crippen LogP contribution in [0, 0.1) is 18.8 Å². The van der Waals surface area contributed by atoms with E-state index < -0.39 is 0 Å². The molecule has 0 aliphatic rings. The molecule has 0 saturated heterocycles. The number of hydrogen-bond acceptors (Lipinski definition) is 3. The largest absolute Gasteiger partial charge is 0.487 e. The van der Waals surface area contributed by atoms with Crippen LogP contribution in [0.15, 0.2) is 42.6 Å². The predicted octanol–water partition coefficient (Wildman–Crippen LogP) is 2.28. The highest BCUT2D eigenvalue weighted by Crippen LogP contribution is 2.14. The van der Waals surface area contributed by atoms with Gasteiger partial charge >= 0.3 is 0 Å². The molecular formula is C16H16N2O.